The predicted molar refractivity (Wildman–Crippen MR) is 89.4 cm³/mol. The summed E-state index contributed by atoms with van der Waals surface area (Å²) in [6, 6.07) is 7.02. The monoisotopic (exact) mass is 332 g/mol. The Morgan fingerprint density at radius 3 is 2.62 bits per heavy atom. The molecule has 3 saturated heterocycles. The van der Waals surface area contributed by atoms with Crippen LogP contribution in [-0.2, 0) is 4.74 Å². The molecule has 1 amide bonds. The standard InChI is InChI=1S/C19H25FN2O2/c20-16-4-2-1-3-15(16)19(23)22-10-6-17-18(22)5-9-21(17)13-14-7-11-24-12-8-14/h1-4,14,17-18H,5-13H2/t17-,18+/m0/s1. The highest BCUT2D eigenvalue weighted by molar-refractivity contribution is 5.95. The van der Waals surface area contributed by atoms with Crippen molar-refractivity contribution in [3.05, 3.63) is 35.6 Å². The molecule has 1 aromatic rings. The number of rotatable bonds is 3. The van der Waals surface area contributed by atoms with Crippen molar-refractivity contribution in [1.82, 2.24) is 9.80 Å². The Hall–Kier alpha value is -1.46. The van der Waals surface area contributed by atoms with Gasteiger partial charge in [-0.25, -0.2) is 4.39 Å². The van der Waals surface area contributed by atoms with Gasteiger partial charge in [0.25, 0.3) is 5.91 Å². The second-order valence-corrected chi connectivity index (χ2v) is 7.24. The molecule has 1 aromatic carbocycles. The van der Waals surface area contributed by atoms with Crippen LogP contribution in [0.4, 0.5) is 4.39 Å². The number of amides is 1. The molecule has 0 saturated carbocycles. The van der Waals surface area contributed by atoms with E-state index in [-0.39, 0.29) is 17.5 Å². The van der Waals surface area contributed by atoms with Crippen LogP contribution in [-0.4, -0.2) is 60.6 Å². The molecular formula is C19H25FN2O2. The Balaban J connectivity index is 1.42. The summed E-state index contributed by atoms with van der Waals surface area (Å²) >= 11 is 0. The number of halogens is 1. The van der Waals surface area contributed by atoms with E-state index in [0.29, 0.717) is 12.0 Å². The van der Waals surface area contributed by atoms with Crippen molar-refractivity contribution in [3.8, 4) is 0 Å². The topological polar surface area (TPSA) is 32.8 Å². The van der Waals surface area contributed by atoms with E-state index in [1.54, 1.807) is 18.2 Å². The number of hydrogen-bond acceptors (Lipinski definition) is 3. The van der Waals surface area contributed by atoms with Gasteiger partial charge in [-0.2, -0.15) is 0 Å². The third kappa shape index (κ3) is 2.95. The first-order valence-electron chi connectivity index (χ1n) is 9.11. The van der Waals surface area contributed by atoms with Crippen molar-refractivity contribution >= 4 is 5.91 Å². The fourth-order valence-electron chi connectivity index (χ4n) is 4.60. The summed E-state index contributed by atoms with van der Waals surface area (Å²) < 4.78 is 19.4. The highest BCUT2D eigenvalue weighted by atomic mass is 19.1. The molecule has 0 bridgehead atoms. The second-order valence-electron chi connectivity index (χ2n) is 7.24. The van der Waals surface area contributed by atoms with Gasteiger partial charge in [0.05, 0.1) is 5.56 Å². The van der Waals surface area contributed by atoms with Gasteiger partial charge in [0, 0.05) is 44.9 Å². The zero-order valence-electron chi connectivity index (χ0n) is 14.0. The summed E-state index contributed by atoms with van der Waals surface area (Å²) in [4.78, 5) is 17.2. The molecule has 4 nitrogen and oxygen atoms in total. The van der Waals surface area contributed by atoms with Gasteiger partial charge in [0.1, 0.15) is 5.82 Å². The summed E-state index contributed by atoms with van der Waals surface area (Å²) in [6.07, 6.45) is 4.31. The summed E-state index contributed by atoms with van der Waals surface area (Å²) in [5.74, 6) is 0.158. The van der Waals surface area contributed by atoms with Gasteiger partial charge >= 0.3 is 0 Å². The Kier molecular flexibility index (Phi) is 4.55. The Morgan fingerprint density at radius 2 is 1.83 bits per heavy atom. The SMILES string of the molecule is O=C(c1ccccc1F)N1CC[C@H]2[C@H]1CCN2CC1CCOCC1. The van der Waals surface area contributed by atoms with Crippen LogP contribution < -0.4 is 0 Å². The second kappa shape index (κ2) is 6.81. The highest BCUT2D eigenvalue weighted by Crippen LogP contribution is 2.34. The molecule has 0 spiro atoms. The fourth-order valence-corrected chi connectivity index (χ4v) is 4.60. The van der Waals surface area contributed by atoms with Crippen LogP contribution in [0.2, 0.25) is 0 Å². The molecule has 2 atom stereocenters. The predicted octanol–water partition coefficient (Wildman–Crippen LogP) is 2.54. The largest absolute Gasteiger partial charge is 0.381 e. The normalized spacial score (nSPS) is 28.3. The van der Waals surface area contributed by atoms with Crippen LogP contribution in [0, 0.1) is 11.7 Å². The maximum Gasteiger partial charge on any atom is 0.257 e. The van der Waals surface area contributed by atoms with Crippen LogP contribution >= 0.6 is 0 Å². The van der Waals surface area contributed by atoms with Crippen molar-refractivity contribution in [1.29, 1.82) is 0 Å². The molecule has 24 heavy (non-hydrogen) atoms. The first-order valence-corrected chi connectivity index (χ1v) is 9.11. The molecule has 0 unspecified atom stereocenters. The molecule has 5 heteroatoms. The summed E-state index contributed by atoms with van der Waals surface area (Å²) in [5, 5.41) is 0. The van der Waals surface area contributed by atoms with Gasteiger partial charge in [0.15, 0.2) is 0 Å². The number of nitrogens with zero attached hydrogens (tertiary/aromatic N) is 2. The first-order chi connectivity index (χ1) is 11.7. The minimum atomic E-state index is -0.414. The van der Waals surface area contributed by atoms with Gasteiger partial charge in [-0.05, 0) is 43.7 Å². The molecule has 4 rings (SSSR count). The van der Waals surface area contributed by atoms with Crippen LogP contribution in [0.15, 0.2) is 24.3 Å². The van der Waals surface area contributed by atoms with Crippen molar-refractivity contribution in [3.63, 3.8) is 0 Å². The fraction of sp³-hybridized carbons (Fsp3) is 0.632. The minimum absolute atomic E-state index is 0.145. The Bertz CT molecular complexity index is 603. The van der Waals surface area contributed by atoms with Gasteiger partial charge in [0.2, 0.25) is 0 Å². The van der Waals surface area contributed by atoms with Gasteiger partial charge < -0.3 is 9.64 Å². The summed E-state index contributed by atoms with van der Waals surface area (Å²) in [7, 11) is 0. The van der Waals surface area contributed by atoms with Crippen LogP contribution in [0.1, 0.15) is 36.0 Å². The third-order valence-corrected chi connectivity index (χ3v) is 5.89. The number of hydrogen-bond donors (Lipinski definition) is 0. The summed E-state index contributed by atoms with van der Waals surface area (Å²) in [6.45, 7) is 4.67. The molecule has 3 fully saturated rings. The minimum Gasteiger partial charge on any atom is -0.381 e. The molecule has 3 aliphatic rings. The number of carbonyl (C=O) groups excluding carboxylic acids is 1. The van der Waals surface area contributed by atoms with Crippen molar-refractivity contribution in [2.75, 3.05) is 32.8 Å². The van der Waals surface area contributed by atoms with E-state index < -0.39 is 5.82 Å². The van der Waals surface area contributed by atoms with Gasteiger partial charge in [-0.1, -0.05) is 12.1 Å². The molecule has 0 N–H and O–H groups in total. The molecule has 0 aliphatic carbocycles. The molecule has 3 heterocycles. The van der Waals surface area contributed by atoms with E-state index >= 15 is 0 Å². The van der Waals surface area contributed by atoms with Crippen LogP contribution in [0.25, 0.3) is 0 Å². The lowest BCUT2D eigenvalue weighted by Gasteiger charge is -2.30. The lowest BCUT2D eigenvalue weighted by Crippen LogP contribution is -2.41. The molecule has 130 valence electrons. The van der Waals surface area contributed by atoms with Crippen LogP contribution in [0.5, 0.6) is 0 Å². The van der Waals surface area contributed by atoms with E-state index in [1.807, 2.05) is 4.90 Å². The average Bonchev–Trinajstić information content (AvgIpc) is 3.19. The maximum atomic E-state index is 14.0. The average molecular weight is 332 g/mol. The van der Waals surface area contributed by atoms with Crippen molar-refractivity contribution < 1.29 is 13.9 Å². The molecule has 3 aliphatic heterocycles. The van der Waals surface area contributed by atoms with E-state index in [0.717, 1.165) is 58.5 Å². The molecule has 0 radical (unpaired) electrons. The van der Waals surface area contributed by atoms with E-state index in [2.05, 4.69) is 4.90 Å². The smallest absolute Gasteiger partial charge is 0.257 e. The number of fused-ring (bicyclic) bond motifs is 1. The Labute approximate surface area is 142 Å². The zero-order valence-corrected chi connectivity index (χ0v) is 14.0. The third-order valence-electron chi connectivity index (χ3n) is 5.89. The van der Waals surface area contributed by atoms with Crippen LogP contribution in [0.3, 0.4) is 0 Å². The quantitative estimate of drug-likeness (QED) is 0.853. The van der Waals surface area contributed by atoms with E-state index in [1.165, 1.54) is 6.07 Å². The number of likely N-dealkylation sites (tertiary alicyclic amines) is 2. The van der Waals surface area contributed by atoms with Gasteiger partial charge in [-0.15, -0.1) is 0 Å². The lowest BCUT2D eigenvalue weighted by molar-refractivity contribution is 0.0502. The van der Waals surface area contributed by atoms with E-state index in [4.69, 9.17) is 4.74 Å². The van der Waals surface area contributed by atoms with Crippen molar-refractivity contribution in [2.24, 2.45) is 5.92 Å². The number of benzene rings is 1. The molecule has 0 aromatic heterocycles. The van der Waals surface area contributed by atoms with Gasteiger partial charge in [-0.3, -0.25) is 9.69 Å². The summed E-state index contributed by atoms with van der Waals surface area (Å²) in [5.41, 5.74) is 0.209. The van der Waals surface area contributed by atoms with E-state index in [9.17, 15) is 9.18 Å². The lowest BCUT2D eigenvalue weighted by atomic mass is 9.99. The number of carbonyl (C=O) groups is 1. The van der Waals surface area contributed by atoms with Crippen molar-refractivity contribution in [2.45, 2.75) is 37.8 Å². The molecular weight excluding hydrogens is 307 g/mol. The first kappa shape index (κ1) is 16.0. The zero-order chi connectivity index (χ0) is 16.5. The highest BCUT2D eigenvalue weighted by Gasteiger charge is 2.45. The number of ether oxygens (including phenoxy) is 1. The Morgan fingerprint density at radius 1 is 1.08 bits per heavy atom. The maximum absolute atomic E-state index is 14.0.